The Morgan fingerprint density at radius 3 is 2.60 bits per heavy atom. The first-order valence-electron chi connectivity index (χ1n) is 9.85. The summed E-state index contributed by atoms with van der Waals surface area (Å²) >= 11 is 1.49. The fourth-order valence-corrected chi connectivity index (χ4v) is 4.88. The van der Waals surface area contributed by atoms with Crippen LogP contribution in [-0.2, 0) is 6.54 Å². The van der Waals surface area contributed by atoms with E-state index in [1.165, 1.54) is 28.3 Å². The Hall–Kier alpha value is -2.78. The summed E-state index contributed by atoms with van der Waals surface area (Å²) < 4.78 is 1.46. The molecule has 1 aliphatic rings. The normalized spacial score (nSPS) is 16.2. The number of rotatable bonds is 3. The molecule has 0 bridgehead atoms. The average molecular weight is 429 g/mol. The lowest BCUT2D eigenvalue weighted by atomic mass is 9.91. The van der Waals surface area contributed by atoms with Gasteiger partial charge in [0, 0.05) is 23.7 Å². The monoisotopic (exact) mass is 428 g/mol. The zero-order chi connectivity index (χ0) is 21.6. The number of hydrogen-bond acceptors (Lipinski definition) is 6. The van der Waals surface area contributed by atoms with E-state index >= 15 is 0 Å². The lowest BCUT2D eigenvalue weighted by molar-refractivity contribution is -0.0299. The maximum atomic E-state index is 12.9. The number of piperidine rings is 1. The van der Waals surface area contributed by atoms with E-state index in [4.69, 9.17) is 0 Å². The van der Waals surface area contributed by atoms with Gasteiger partial charge in [-0.1, -0.05) is 0 Å². The van der Waals surface area contributed by atoms with Gasteiger partial charge in [-0.25, -0.2) is 4.98 Å². The molecule has 0 aliphatic carbocycles. The molecule has 1 amide bonds. The number of aromatic amines is 1. The largest absolute Gasteiger partial charge is 0.388 e. The van der Waals surface area contributed by atoms with Crippen LogP contribution in [0.3, 0.4) is 0 Å². The van der Waals surface area contributed by atoms with Crippen molar-refractivity contribution in [1.29, 1.82) is 0 Å². The molecule has 30 heavy (non-hydrogen) atoms. The topological polar surface area (TPSA) is 108 Å². The van der Waals surface area contributed by atoms with Crippen molar-refractivity contribution in [3.63, 3.8) is 0 Å². The molecule has 1 saturated heterocycles. The molecule has 1 aliphatic heterocycles. The number of thiophene rings is 1. The number of fused-ring (bicyclic) bond motifs is 1. The average Bonchev–Trinajstić information content (AvgIpc) is 2.99. The summed E-state index contributed by atoms with van der Waals surface area (Å²) in [6, 6.07) is 3.22. The molecule has 1 fully saturated rings. The van der Waals surface area contributed by atoms with E-state index in [1.807, 2.05) is 13.8 Å². The van der Waals surface area contributed by atoms with Crippen LogP contribution in [0.4, 0.5) is 0 Å². The molecule has 4 rings (SSSR count). The molecule has 3 aromatic heterocycles. The number of carbonyl (C=O) groups excluding carboxylic acids is 1. The van der Waals surface area contributed by atoms with E-state index in [0.717, 1.165) is 10.4 Å². The molecule has 0 saturated carbocycles. The molecular formula is C21H24N4O4S. The summed E-state index contributed by atoms with van der Waals surface area (Å²) in [4.78, 5) is 48.1. The molecule has 4 heterocycles. The SMILES string of the molecule is Cc1ccc(C(=O)N2CCC(O)(Cn3cnc4sc(C)c(C)c4c3=O)CC2)c(=O)[nH]1. The summed E-state index contributed by atoms with van der Waals surface area (Å²) in [7, 11) is 0. The Balaban J connectivity index is 1.50. The molecule has 2 N–H and O–H groups in total. The van der Waals surface area contributed by atoms with Crippen molar-refractivity contribution < 1.29 is 9.90 Å². The fraction of sp³-hybridized carbons (Fsp3) is 0.429. The number of nitrogens with zero attached hydrogens (tertiary/aromatic N) is 3. The summed E-state index contributed by atoms with van der Waals surface area (Å²) in [6.07, 6.45) is 2.12. The molecule has 8 nitrogen and oxygen atoms in total. The second-order valence-corrected chi connectivity index (χ2v) is 9.24. The highest BCUT2D eigenvalue weighted by atomic mass is 32.1. The van der Waals surface area contributed by atoms with Gasteiger partial charge in [-0.2, -0.15) is 0 Å². The Kier molecular flexibility index (Phi) is 5.11. The highest BCUT2D eigenvalue weighted by Crippen LogP contribution is 2.27. The first kappa shape index (κ1) is 20.5. The Morgan fingerprint density at radius 2 is 1.93 bits per heavy atom. The predicted octanol–water partition coefficient (Wildman–Crippen LogP) is 1.74. The van der Waals surface area contributed by atoms with Crippen LogP contribution < -0.4 is 11.1 Å². The van der Waals surface area contributed by atoms with E-state index in [1.54, 1.807) is 17.9 Å². The zero-order valence-electron chi connectivity index (χ0n) is 17.2. The van der Waals surface area contributed by atoms with Crippen LogP contribution in [-0.4, -0.2) is 49.1 Å². The number of H-pyrrole nitrogens is 1. The van der Waals surface area contributed by atoms with Gasteiger partial charge in [0.15, 0.2) is 0 Å². The van der Waals surface area contributed by atoms with Gasteiger partial charge in [-0.05, 0) is 51.3 Å². The highest BCUT2D eigenvalue weighted by Gasteiger charge is 2.35. The summed E-state index contributed by atoms with van der Waals surface area (Å²) in [5.74, 6) is -0.345. The third kappa shape index (κ3) is 3.59. The summed E-state index contributed by atoms with van der Waals surface area (Å²) in [6.45, 7) is 6.37. The molecular weight excluding hydrogens is 404 g/mol. The molecule has 0 spiro atoms. The van der Waals surface area contributed by atoms with E-state index in [9.17, 15) is 19.5 Å². The zero-order valence-corrected chi connectivity index (χ0v) is 18.0. The number of aryl methyl sites for hydroxylation is 3. The molecule has 158 valence electrons. The van der Waals surface area contributed by atoms with Crippen molar-refractivity contribution in [2.45, 2.75) is 45.8 Å². The third-order valence-electron chi connectivity index (χ3n) is 5.89. The summed E-state index contributed by atoms with van der Waals surface area (Å²) in [5, 5.41) is 11.7. The summed E-state index contributed by atoms with van der Waals surface area (Å²) in [5.41, 5.74) is 0.0387. The van der Waals surface area contributed by atoms with Gasteiger partial charge >= 0.3 is 0 Å². The maximum Gasteiger partial charge on any atom is 0.262 e. The minimum Gasteiger partial charge on any atom is -0.388 e. The van der Waals surface area contributed by atoms with E-state index in [-0.39, 0.29) is 23.6 Å². The lowest BCUT2D eigenvalue weighted by Crippen LogP contribution is -2.50. The number of likely N-dealkylation sites (tertiary alicyclic amines) is 1. The Bertz CT molecular complexity index is 1250. The van der Waals surface area contributed by atoms with E-state index in [0.29, 0.717) is 41.8 Å². The van der Waals surface area contributed by atoms with Crippen molar-refractivity contribution in [1.82, 2.24) is 19.4 Å². The third-order valence-corrected chi connectivity index (χ3v) is 7.00. The number of amides is 1. The molecule has 0 atom stereocenters. The van der Waals surface area contributed by atoms with Gasteiger partial charge in [-0.15, -0.1) is 11.3 Å². The smallest absolute Gasteiger partial charge is 0.262 e. The molecule has 3 aromatic rings. The highest BCUT2D eigenvalue weighted by molar-refractivity contribution is 7.18. The van der Waals surface area contributed by atoms with Gasteiger partial charge in [0.05, 0.1) is 23.9 Å². The first-order valence-corrected chi connectivity index (χ1v) is 10.7. The number of nitrogens with one attached hydrogen (secondary N) is 1. The van der Waals surface area contributed by atoms with Gasteiger partial charge in [0.25, 0.3) is 17.0 Å². The standard InChI is InChI=1S/C21H24N4O4S/c1-12-4-5-15(17(26)23-12)19(27)24-8-6-21(29,7-9-24)10-25-11-22-18-16(20(25)28)13(2)14(3)30-18/h4-5,11,29H,6-10H2,1-3H3,(H,23,26). The van der Waals surface area contributed by atoms with Crippen molar-refractivity contribution in [2.24, 2.45) is 0 Å². The second-order valence-electron chi connectivity index (χ2n) is 8.04. The lowest BCUT2D eigenvalue weighted by Gasteiger charge is -2.38. The molecule has 0 unspecified atom stereocenters. The van der Waals surface area contributed by atoms with Crippen LogP contribution in [0.5, 0.6) is 0 Å². The number of pyridine rings is 1. The van der Waals surface area contributed by atoms with Crippen LogP contribution in [0.25, 0.3) is 10.2 Å². The number of carbonyl (C=O) groups is 1. The van der Waals surface area contributed by atoms with E-state index in [2.05, 4.69) is 9.97 Å². The second kappa shape index (κ2) is 7.48. The van der Waals surface area contributed by atoms with E-state index < -0.39 is 11.2 Å². The fourth-order valence-electron chi connectivity index (χ4n) is 3.89. The van der Waals surface area contributed by atoms with Gasteiger partial charge in [0.2, 0.25) is 0 Å². The van der Waals surface area contributed by atoms with Gasteiger partial charge < -0.3 is 15.0 Å². The van der Waals surface area contributed by atoms with Crippen LogP contribution in [0.1, 0.15) is 39.3 Å². The van der Waals surface area contributed by atoms with Gasteiger partial charge in [-0.3, -0.25) is 19.0 Å². The van der Waals surface area contributed by atoms with Crippen molar-refractivity contribution in [3.05, 3.63) is 60.9 Å². The Labute approximate surface area is 176 Å². The minimum absolute atomic E-state index is 0.0974. The predicted molar refractivity (Wildman–Crippen MR) is 115 cm³/mol. The minimum atomic E-state index is -1.12. The number of hydrogen-bond donors (Lipinski definition) is 2. The van der Waals surface area contributed by atoms with Crippen molar-refractivity contribution >= 4 is 27.5 Å². The first-order chi connectivity index (χ1) is 14.2. The maximum absolute atomic E-state index is 12.9. The number of aliphatic hydroxyl groups is 1. The quantitative estimate of drug-likeness (QED) is 0.661. The van der Waals surface area contributed by atoms with Crippen LogP contribution >= 0.6 is 11.3 Å². The van der Waals surface area contributed by atoms with Crippen LogP contribution in [0, 0.1) is 20.8 Å². The molecule has 9 heteroatoms. The number of aromatic nitrogens is 3. The molecule has 0 radical (unpaired) electrons. The Morgan fingerprint density at radius 1 is 1.23 bits per heavy atom. The van der Waals surface area contributed by atoms with Crippen LogP contribution in [0.2, 0.25) is 0 Å². The molecule has 0 aromatic carbocycles. The van der Waals surface area contributed by atoms with Crippen molar-refractivity contribution in [2.75, 3.05) is 13.1 Å². The van der Waals surface area contributed by atoms with Crippen molar-refractivity contribution in [3.8, 4) is 0 Å². The van der Waals surface area contributed by atoms with Gasteiger partial charge in [0.1, 0.15) is 10.4 Å². The van der Waals surface area contributed by atoms with Crippen LogP contribution in [0.15, 0.2) is 28.0 Å².